The number of hydrogen-bond donors (Lipinski definition) is 2. The molecule has 3 aromatic rings. The molecule has 1 aromatic carbocycles. The van der Waals surface area contributed by atoms with Crippen molar-refractivity contribution in [2.75, 3.05) is 28.6 Å². The fourth-order valence-electron chi connectivity index (χ4n) is 3.18. The molecule has 0 radical (unpaired) electrons. The first-order chi connectivity index (χ1) is 13.7. The minimum atomic E-state index is -0.258. The van der Waals surface area contributed by atoms with Gasteiger partial charge in [-0.2, -0.15) is 0 Å². The van der Waals surface area contributed by atoms with Crippen molar-refractivity contribution in [3.05, 3.63) is 59.2 Å². The summed E-state index contributed by atoms with van der Waals surface area (Å²) < 4.78 is 0. The van der Waals surface area contributed by atoms with E-state index in [1.54, 1.807) is 17.4 Å². The normalized spacial score (nSPS) is 14.7. The van der Waals surface area contributed by atoms with Crippen LogP contribution in [0.3, 0.4) is 0 Å². The average Bonchev–Trinajstić information content (AvgIpc) is 3.14. The van der Waals surface area contributed by atoms with Gasteiger partial charge in [-0.1, -0.05) is 18.2 Å². The van der Waals surface area contributed by atoms with Gasteiger partial charge in [0.2, 0.25) is 0 Å². The molecule has 1 amide bonds. The van der Waals surface area contributed by atoms with Crippen molar-refractivity contribution in [2.24, 2.45) is 0 Å². The maximum atomic E-state index is 12.3. The van der Waals surface area contributed by atoms with Crippen molar-refractivity contribution in [1.82, 2.24) is 15.2 Å². The molecule has 0 unspecified atom stereocenters. The van der Waals surface area contributed by atoms with Gasteiger partial charge in [-0.3, -0.25) is 4.79 Å². The molecule has 1 saturated heterocycles. The molecule has 144 valence electrons. The molecule has 28 heavy (non-hydrogen) atoms. The molecule has 1 fully saturated rings. The number of aryl methyl sites for hydroxylation is 1. The summed E-state index contributed by atoms with van der Waals surface area (Å²) in [6, 6.07) is 13.3. The second kappa shape index (κ2) is 8.35. The highest BCUT2D eigenvalue weighted by Gasteiger charge is 2.21. The molecular weight excluding hydrogens is 372 g/mol. The van der Waals surface area contributed by atoms with Gasteiger partial charge in [0.25, 0.3) is 5.91 Å². The quantitative estimate of drug-likeness (QED) is 0.688. The van der Waals surface area contributed by atoms with Crippen LogP contribution in [0.4, 0.5) is 16.6 Å². The zero-order valence-electron chi connectivity index (χ0n) is 15.6. The Kier molecular flexibility index (Phi) is 5.48. The van der Waals surface area contributed by atoms with Crippen LogP contribution < -0.4 is 15.5 Å². The Bertz CT molecular complexity index is 919. The van der Waals surface area contributed by atoms with Gasteiger partial charge in [0.15, 0.2) is 16.6 Å². The van der Waals surface area contributed by atoms with E-state index in [1.165, 1.54) is 0 Å². The third-order valence-corrected chi connectivity index (χ3v) is 5.57. The van der Waals surface area contributed by atoms with Gasteiger partial charge in [-0.25, -0.2) is 4.98 Å². The molecule has 7 nitrogen and oxygen atoms in total. The Balaban J connectivity index is 1.31. The summed E-state index contributed by atoms with van der Waals surface area (Å²) in [7, 11) is 0. The highest BCUT2D eigenvalue weighted by molar-refractivity contribution is 7.13. The lowest BCUT2D eigenvalue weighted by Crippen LogP contribution is -2.39. The largest absolute Gasteiger partial charge is 0.359 e. The van der Waals surface area contributed by atoms with Crippen LogP contribution in [0.2, 0.25) is 0 Å². The fourth-order valence-corrected chi connectivity index (χ4v) is 3.95. The zero-order chi connectivity index (χ0) is 19.3. The molecule has 2 N–H and O–H groups in total. The second-order valence-corrected chi connectivity index (χ2v) is 7.65. The van der Waals surface area contributed by atoms with Crippen LogP contribution >= 0.6 is 11.3 Å². The van der Waals surface area contributed by atoms with Gasteiger partial charge < -0.3 is 15.5 Å². The van der Waals surface area contributed by atoms with Crippen molar-refractivity contribution in [1.29, 1.82) is 0 Å². The van der Waals surface area contributed by atoms with E-state index >= 15 is 0 Å². The smallest absolute Gasteiger partial charge is 0.276 e. The monoisotopic (exact) mass is 394 g/mol. The Morgan fingerprint density at radius 1 is 1.11 bits per heavy atom. The first kappa shape index (κ1) is 18.4. The van der Waals surface area contributed by atoms with E-state index in [1.807, 2.05) is 43.3 Å². The van der Waals surface area contributed by atoms with E-state index in [2.05, 4.69) is 36.1 Å². The van der Waals surface area contributed by atoms with Crippen LogP contribution in [0.15, 0.2) is 47.8 Å². The van der Waals surface area contributed by atoms with Crippen molar-refractivity contribution in [3.8, 4) is 0 Å². The number of rotatable bonds is 5. The number of carbonyl (C=O) groups excluding carboxylic acids is 1. The summed E-state index contributed by atoms with van der Waals surface area (Å²) >= 11 is 1.65. The molecule has 0 bridgehead atoms. The summed E-state index contributed by atoms with van der Waals surface area (Å²) in [6.45, 7) is 3.80. The van der Waals surface area contributed by atoms with Crippen LogP contribution in [0.5, 0.6) is 0 Å². The molecule has 0 spiro atoms. The van der Waals surface area contributed by atoms with Gasteiger partial charge in [0.1, 0.15) is 0 Å². The molecule has 8 heteroatoms. The first-order valence-electron chi connectivity index (χ1n) is 9.31. The molecule has 1 aliphatic heterocycles. The lowest BCUT2D eigenvalue weighted by atomic mass is 10.1. The van der Waals surface area contributed by atoms with Crippen LogP contribution in [0, 0.1) is 6.92 Å². The summed E-state index contributed by atoms with van der Waals surface area (Å²) in [5.74, 6) is 0.548. The minimum Gasteiger partial charge on any atom is -0.359 e. The Hall–Kier alpha value is -3.00. The number of piperidine rings is 1. The summed E-state index contributed by atoms with van der Waals surface area (Å²) in [4.78, 5) is 19.0. The number of nitrogens with one attached hydrogen (secondary N) is 2. The Morgan fingerprint density at radius 2 is 1.89 bits per heavy atom. The minimum absolute atomic E-state index is 0.258. The third kappa shape index (κ3) is 4.45. The molecule has 0 saturated carbocycles. The van der Waals surface area contributed by atoms with E-state index in [0.717, 1.165) is 48.3 Å². The number of carbonyl (C=O) groups is 1. The van der Waals surface area contributed by atoms with E-state index in [0.29, 0.717) is 11.7 Å². The average molecular weight is 395 g/mol. The summed E-state index contributed by atoms with van der Waals surface area (Å²) in [5.41, 5.74) is 2.10. The molecule has 0 aliphatic carbocycles. The van der Waals surface area contributed by atoms with Crippen molar-refractivity contribution < 1.29 is 4.79 Å². The second-order valence-electron chi connectivity index (χ2n) is 6.80. The van der Waals surface area contributed by atoms with Crippen molar-refractivity contribution in [3.63, 3.8) is 0 Å². The maximum absolute atomic E-state index is 12.3. The zero-order valence-corrected chi connectivity index (χ0v) is 16.4. The van der Waals surface area contributed by atoms with E-state index in [4.69, 9.17) is 0 Å². The van der Waals surface area contributed by atoms with Gasteiger partial charge >= 0.3 is 0 Å². The molecule has 0 atom stereocenters. The van der Waals surface area contributed by atoms with Crippen LogP contribution in [-0.2, 0) is 0 Å². The number of benzene rings is 1. The Labute approximate surface area is 167 Å². The van der Waals surface area contributed by atoms with E-state index in [-0.39, 0.29) is 5.91 Å². The number of nitrogens with zero attached hydrogens (tertiary/aromatic N) is 4. The highest BCUT2D eigenvalue weighted by Crippen LogP contribution is 2.22. The predicted molar refractivity (Wildman–Crippen MR) is 112 cm³/mol. The maximum Gasteiger partial charge on any atom is 0.276 e. The summed E-state index contributed by atoms with van der Waals surface area (Å²) in [6.07, 6.45) is 2.02. The van der Waals surface area contributed by atoms with Crippen molar-refractivity contribution in [2.45, 2.75) is 25.8 Å². The van der Waals surface area contributed by atoms with Gasteiger partial charge in [-0.15, -0.1) is 21.5 Å². The number of amides is 1. The van der Waals surface area contributed by atoms with Crippen molar-refractivity contribution >= 4 is 33.9 Å². The molecule has 1 aliphatic rings. The lowest BCUT2D eigenvalue weighted by molar-refractivity contribution is 0.102. The number of hydrogen-bond acceptors (Lipinski definition) is 7. The SMILES string of the molecule is Cc1csc(NC2CCN(c3ccc(C(=O)Nc4ccccc4)nn3)CC2)n1. The number of aromatic nitrogens is 3. The topological polar surface area (TPSA) is 83.0 Å². The molecule has 4 rings (SSSR count). The van der Waals surface area contributed by atoms with Gasteiger partial charge in [0.05, 0.1) is 5.69 Å². The highest BCUT2D eigenvalue weighted by atomic mass is 32.1. The van der Waals surface area contributed by atoms with E-state index < -0.39 is 0 Å². The summed E-state index contributed by atoms with van der Waals surface area (Å²) in [5, 5.41) is 17.8. The Morgan fingerprint density at radius 3 is 2.54 bits per heavy atom. The van der Waals surface area contributed by atoms with Crippen LogP contribution in [-0.4, -0.2) is 40.2 Å². The standard InChI is InChI=1S/C20H22N6OS/c1-14-13-28-20(21-14)23-16-9-11-26(12-10-16)18-8-7-17(24-25-18)19(27)22-15-5-3-2-4-6-15/h2-8,13,16H,9-12H2,1H3,(H,21,23)(H,22,27). The first-order valence-corrected chi connectivity index (χ1v) is 10.2. The lowest BCUT2D eigenvalue weighted by Gasteiger charge is -2.32. The predicted octanol–water partition coefficient (Wildman–Crippen LogP) is 3.57. The number of anilines is 3. The van der Waals surface area contributed by atoms with Crippen LogP contribution in [0.25, 0.3) is 0 Å². The fraction of sp³-hybridized carbons (Fsp3) is 0.300. The van der Waals surface area contributed by atoms with Gasteiger partial charge in [0, 0.05) is 30.2 Å². The molecular formula is C20H22N6OS. The van der Waals surface area contributed by atoms with E-state index in [9.17, 15) is 4.79 Å². The van der Waals surface area contributed by atoms with Crippen LogP contribution in [0.1, 0.15) is 29.0 Å². The number of thiazole rings is 1. The van der Waals surface area contributed by atoms with Gasteiger partial charge in [-0.05, 0) is 44.0 Å². The number of para-hydroxylation sites is 1. The molecule has 3 heterocycles. The molecule has 2 aromatic heterocycles. The third-order valence-electron chi connectivity index (χ3n) is 4.68.